The summed E-state index contributed by atoms with van der Waals surface area (Å²) in [6.45, 7) is 1.71. The predicted molar refractivity (Wildman–Crippen MR) is 105 cm³/mol. The molecular weight excluding hydrogens is 381 g/mol. The Morgan fingerprint density at radius 3 is 2.89 bits per heavy atom. The number of carbonyl (C=O) groups is 2. The Kier molecular flexibility index (Phi) is 4.56. The third-order valence-corrected chi connectivity index (χ3v) is 5.17. The molecule has 1 N–H and O–H groups in total. The number of halogens is 1. The number of nitrogens with one attached hydrogen (secondary N) is 1. The largest absolute Gasteiger partial charge is 0.479 e. The smallest absolute Gasteiger partial charge is 0.267 e. The van der Waals surface area contributed by atoms with Gasteiger partial charge in [-0.05, 0) is 43.3 Å². The van der Waals surface area contributed by atoms with Gasteiger partial charge in [-0.15, -0.1) is 11.3 Å². The van der Waals surface area contributed by atoms with Crippen LogP contribution in [0.5, 0.6) is 5.75 Å². The Bertz CT molecular complexity index is 1080. The van der Waals surface area contributed by atoms with Crippen LogP contribution in [0.3, 0.4) is 0 Å². The molecule has 1 aromatic heterocycles. The van der Waals surface area contributed by atoms with Crippen molar-refractivity contribution in [1.29, 1.82) is 0 Å². The number of ether oxygens (including phenoxy) is 1. The van der Waals surface area contributed by atoms with Crippen LogP contribution in [0.25, 0.3) is 11.3 Å². The van der Waals surface area contributed by atoms with Crippen LogP contribution in [0.4, 0.5) is 15.2 Å². The van der Waals surface area contributed by atoms with Crippen LogP contribution in [-0.4, -0.2) is 29.9 Å². The van der Waals surface area contributed by atoms with Gasteiger partial charge in [-0.1, -0.05) is 6.07 Å². The van der Waals surface area contributed by atoms with E-state index in [0.717, 1.165) is 5.56 Å². The van der Waals surface area contributed by atoms with Crippen LogP contribution in [0.1, 0.15) is 17.3 Å². The van der Waals surface area contributed by atoms with E-state index in [-0.39, 0.29) is 11.5 Å². The second kappa shape index (κ2) is 7.05. The van der Waals surface area contributed by atoms with Crippen LogP contribution in [0.2, 0.25) is 0 Å². The SMILES string of the molecule is CC1Oc2ccc(-c3csc(NC(=O)c4cccc(F)c4)n3)cc2N(C)C1=O. The minimum absolute atomic E-state index is 0.119. The van der Waals surface area contributed by atoms with Crippen molar-refractivity contribution in [2.75, 3.05) is 17.3 Å². The van der Waals surface area contributed by atoms with Crippen molar-refractivity contribution in [3.63, 3.8) is 0 Å². The van der Waals surface area contributed by atoms with Crippen molar-refractivity contribution in [1.82, 2.24) is 4.98 Å². The quantitative estimate of drug-likeness (QED) is 0.727. The van der Waals surface area contributed by atoms with Crippen LogP contribution in [0.15, 0.2) is 47.8 Å². The van der Waals surface area contributed by atoms with Crippen molar-refractivity contribution in [3.8, 4) is 17.0 Å². The summed E-state index contributed by atoms with van der Waals surface area (Å²) in [5.74, 6) is -0.394. The standard InChI is InChI=1S/C20H16FN3O3S/c1-11-19(26)24(2)16-9-12(6-7-17(16)27-11)15-10-28-20(22-15)23-18(25)13-4-3-5-14(21)8-13/h3-11H,1-2H3,(H,22,23,25). The Balaban J connectivity index is 1.57. The summed E-state index contributed by atoms with van der Waals surface area (Å²) in [6.07, 6.45) is -0.521. The molecule has 0 radical (unpaired) electrons. The van der Waals surface area contributed by atoms with E-state index in [4.69, 9.17) is 4.74 Å². The van der Waals surface area contributed by atoms with Crippen molar-refractivity contribution >= 4 is 34.0 Å². The van der Waals surface area contributed by atoms with E-state index in [1.807, 2.05) is 12.1 Å². The fraction of sp³-hybridized carbons (Fsp3) is 0.150. The van der Waals surface area contributed by atoms with Gasteiger partial charge in [0.05, 0.1) is 11.4 Å². The fourth-order valence-corrected chi connectivity index (χ4v) is 3.65. The van der Waals surface area contributed by atoms with E-state index in [1.165, 1.54) is 35.6 Å². The van der Waals surface area contributed by atoms with Gasteiger partial charge in [0, 0.05) is 23.6 Å². The number of aromatic nitrogens is 1. The van der Waals surface area contributed by atoms with E-state index in [2.05, 4.69) is 10.3 Å². The first-order valence-corrected chi connectivity index (χ1v) is 9.41. The number of thiazole rings is 1. The number of hydrogen-bond donors (Lipinski definition) is 1. The minimum Gasteiger partial charge on any atom is -0.479 e. The average Bonchev–Trinajstić information content (AvgIpc) is 3.14. The molecule has 2 heterocycles. The second-order valence-electron chi connectivity index (χ2n) is 6.34. The maximum atomic E-state index is 13.3. The van der Waals surface area contributed by atoms with Gasteiger partial charge < -0.3 is 9.64 Å². The molecule has 142 valence electrons. The summed E-state index contributed by atoms with van der Waals surface area (Å²) in [4.78, 5) is 30.4. The van der Waals surface area contributed by atoms with E-state index in [1.54, 1.807) is 30.3 Å². The Morgan fingerprint density at radius 2 is 2.11 bits per heavy atom. The van der Waals surface area contributed by atoms with Gasteiger partial charge in [0.2, 0.25) is 0 Å². The van der Waals surface area contributed by atoms with Crippen LogP contribution in [0, 0.1) is 5.82 Å². The number of likely N-dealkylation sites (N-methyl/N-ethyl adjacent to an activating group) is 1. The first-order chi connectivity index (χ1) is 13.4. The number of nitrogens with zero attached hydrogens (tertiary/aromatic N) is 2. The number of carbonyl (C=O) groups excluding carboxylic acids is 2. The molecule has 0 fully saturated rings. The molecule has 1 atom stereocenters. The molecule has 3 aromatic rings. The number of hydrogen-bond acceptors (Lipinski definition) is 5. The first-order valence-electron chi connectivity index (χ1n) is 8.53. The van der Waals surface area contributed by atoms with Gasteiger partial charge in [-0.3, -0.25) is 14.9 Å². The zero-order chi connectivity index (χ0) is 19.8. The maximum Gasteiger partial charge on any atom is 0.267 e. The summed E-state index contributed by atoms with van der Waals surface area (Å²) in [7, 11) is 1.70. The minimum atomic E-state index is -0.521. The summed E-state index contributed by atoms with van der Waals surface area (Å²) >= 11 is 1.26. The second-order valence-corrected chi connectivity index (χ2v) is 7.20. The molecule has 2 aromatic carbocycles. The summed E-state index contributed by atoms with van der Waals surface area (Å²) < 4.78 is 18.9. The van der Waals surface area contributed by atoms with Gasteiger partial charge in [-0.25, -0.2) is 9.37 Å². The number of amides is 2. The molecule has 28 heavy (non-hydrogen) atoms. The number of fused-ring (bicyclic) bond motifs is 1. The van der Waals surface area contributed by atoms with Gasteiger partial charge in [0.25, 0.3) is 11.8 Å². The summed E-state index contributed by atoms with van der Waals surface area (Å²) in [5, 5.41) is 4.87. The van der Waals surface area contributed by atoms with Crippen LogP contribution < -0.4 is 15.0 Å². The molecule has 0 saturated heterocycles. The van der Waals surface area contributed by atoms with Crippen molar-refractivity contribution < 1.29 is 18.7 Å². The number of anilines is 2. The van der Waals surface area contributed by atoms with Gasteiger partial charge in [0.15, 0.2) is 11.2 Å². The molecule has 1 aliphatic rings. The lowest BCUT2D eigenvalue weighted by atomic mass is 10.1. The third kappa shape index (κ3) is 3.34. The van der Waals surface area contributed by atoms with E-state index >= 15 is 0 Å². The van der Waals surface area contributed by atoms with E-state index in [0.29, 0.717) is 22.3 Å². The van der Waals surface area contributed by atoms with Gasteiger partial charge >= 0.3 is 0 Å². The topological polar surface area (TPSA) is 71.5 Å². The van der Waals surface area contributed by atoms with Gasteiger partial charge in [-0.2, -0.15) is 0 Å². The molecule has 6 nitrogen and oxygen atoms in total. The highest BCUT2D eigenvalue weighted by atomic mass is 32.1. The molecule has 0 spiro atoms. The highest BCUT2D eigenvalue weighted by Crippen LogP contribution is 2.37. The average molecular weight is 397 g/mol. The molecule has 0 saturated carbocycles. The third-order valence-electron chi connectivity index (χ3n) is 4.41. The van der Waals surface area contributed by atoms with Gasteiger partial charge in [0.1, 0.15) is 11.6 Å². The molecule has 0 bridgehead atoms. The molecule has 2 amide bonds. The monoisotopic (exact) mass is 397 g/mol. The van der Waals surface area contributed by atoms with Crippen molar-refractivity contribution in [2.24, 2.45) is 0 Å². The molecule has 1 aliphatic heterocycles. The highest BCUT2D eigenvalue weighted by Gasteiger charge is 2.29. The maximum absolute atomic E-state index is 13.3. The Hall–Kier alpha value is -3.26. The number of rotatable bonds is 3. The summed E-state index contributed by atoms with van der Waals surface area (Å²) in [5.41, 5.74) is 2.33. The van der Waals surface area contributed by atoms with E-state index < -0.39 is 17.8 Å². The normalized spacial score (nSPS) is 15.8. The zero-order valence-corrected chi connectivity index (χ0v) is 15.9. The van der Waals surface area contributed by atoms with Crippen LogP contribution in [-0.2, 0) is 4.79 Å². The van der Waals surface area contributed by atoms with Crippen LogP contribution >= 0.6 is 11.3 Å². The van der Waals surface area contributed by atoms with E-state index in [9.17, 15) is 14.0 Å². The fourth-order valence-electron chi connectivity index (χ4n) is 2.93. The van der Waals surface area contributed by atoms with Crippen molar-refractivity contribution in [2.45, 2.75) is 13.0 Å². The lowest BCUT2D eigenvalue weighted by molar-refractivity contribution is -0.125. The molecule has 0 aliphatic carbocycles. The lowest BCUT2D eigenvalue weighted by Gasteiger charge is -2.30. The molecular formula is C20H16FN3O3S. The Morgan fingerprint density at radius 1 is 1.29 bits per heavy atom. The predicted octanol–water partition coefficient (Wildman–Crippen LogP) is 3.95. The highest BCUT2D eigenvalue weighted by molar-refractivity contribution is 7.14. The molecule has 4 rings (SSSR count). The number of benzene rings is 2. The summed E-state index contributed by atoms with van der Waals surface area (Å²) in [6, 6.07) is 10.9. The van der Waals surface area contributed by atoms with Crippen molar-refractivity contribution in [3.05, 3.63) is 59.2 Å². The molecule has 8 heteroatoms. The molecule has 1 unspecified atom stereocenters. The zero-order valence-electron chi connectivity index (χ0n) is 15.1. The first kappa shape index (κ1) is 18.1. The Labute approximate surface area is 164 Å². The lowest BCUT2D eigenvalue weighted by Crippen LogP contribution is -2.41.